The van der Waals surface area contributed by atoms with Crippen LogP contribution in [0.4, 0.5) is 5.69 Å². The molecule has 0 aliphatic carbocycles. The molecule has 2 heterocycles. The second-order valence-electron chi connectivity index (χ2n) is 6.81. The normalized spacial score (nSPS) is 18.0. The van der Waals surface area contributed by atoms with Gasteiger partial charge >= 0.3 is 0 Å². The van der Waals surface area contributed by atoms with Gasteiger partial charge < -0.3 is 10.2 Å². The number of carbonyl (C=O) groups excluding carboxylic acids is 2. The molecule has 142 valence electrons. The van der Waals surface area contributed by atoms with E-state index >= 15 is 0 Å². The maximum Gasteiger partial charge on any atom is 0.240 e. The van der Waals surface area contributed by atoms with Gasteiger partial charge in [-0.15, -0.1) is 0 Å². The Bertz CT molecular complexity index is 784. The first kappa shape index (κ1) is 18.8. The van der Waals surface area contributed by atoms with Crippen molar-refractivity contribution in [3.8, 4) is 0 Å². The zero-order valence-corrected chi connectivity index (χ0v) is 15.6. The summed E-state index contributed by atoms with van der Waals surface area (Å²) in [5.74, 6) is -0.0546. The van der Waals surface area contributed by atoms with E-state index in [1.807, 2.05) is 4.90 Å². The van der Waals surface area contributed by atoms with Gasteiger partial charge in [0.1, 0.15) is 0 Å². The van der Waals surface area contributed by atoms with Gasteiger partial charge in [0.05, 0.1) is 4.90 Å². The van der Waals surface area contributed by atoms with Gasteiger partial charge in [-0.2, -0.15) is 0 Å². The summed E-state index contributed by atoms with van der Waals surface area (Å²) < 4.78 is 27.5. The first-order chi connectivity index (χ1) is 12.5. The first-order valence-corrected chi connectivity index (χ1v) is 10.6. The van der Waals surface area contributed by atoms with Gasteiger partial charge in [-0.05, 0) is 43.0 Å². The molecule has 2 N–H and O–H groups in total. The molecule has 2 aliphatic rings. The van der Waals surface area contributed by atoms with Crippen molar-refractivity contribution in [2.24, 2.45) is 0 Å². The van der Waals surface area contributed by atoms with E-state index in [0.29, 0.717) is 18.5 Å². The van der Waals surface area contributed by atoms with Crippen molar-refractivity contribution in [2.75, 3.05) is 25.0 Å². The fourth-order valence-corrected chi connectivity index (χ4v) is 4.46. The Morgan fingerprint density at radius 3 is 2.58 bits per heavy atom. The minimum atomic E-state index is -3.67. The predicted molar refractivity (Wildman–Crippen MR) is 98.2 cm³/mol. The number of hydrogen-bond donors (Lipinski definition) is 2. The zero-order chi connectivity index (χ0) is 18.6. The molecule has 1 fully saturated rings. The Morgan fingerprint density at radius 2 is 1.85 bits per heavy atom. The van der Waals surface area contributed by atoms with E-state index in [9.17, 15) is 18.0 Å². The highest BCUT2D eigenvalue weighted by atomic mass is 32.2. The summed E-state index contributed by atoms with van der Waals surface area (Å²) in [5.41, 5.74) is 1.48. The molecule has 1 aromatic carbocycles. The average Bonchev–Trinajstić information content (AvgIpc) is 2.90. The van der Waals surface area contributed by atoms with Crippen LogP contribution in [-0.2, 0) is 26.0 Å². The lowest BCUT2D eigenvalue weighted by atomic mass is 10.0. The summed E-state index contributed by atoms with van der Waals surface area (Å²) in [6, 6.07) is 4.68. The zero-order valence-electron chi connectivity index (χ0n) is 14.8. The summed E-state index contributed by atoms with van der Waals surface area (Å²) in [6.45, 7) is 1.62. The monoisotopic (exact) mass is 379 g/mol. The van der Waals surface area contributed by atoms with Gasteiger partial charge in [0.15, 0.2) is 0 Å². The van der Waals surface area contributed by atoms with Crippen LogP contribution in [0.1, 0.15) is 44.1 Å². The number of aryl methyl sites for hydroxylation is 1. The van der Waals surface area contributed by atoms with Crippen LogP contribution >= 0.6 is 0 Å². The van der Waals surface area contributed by atoms with E-state index in [2.05, 4.69) is 10.0 Å². The van der Waals surface area contributed by atoms with E-state index in [0.717, 1.165) is 44.3 Å². The maximum atomic E-state index is 12.5. The lowest BCUT2D eigenvalue weighted by Crippen LogP contribution is -2.35. The van der Waals surface area contributed by atoms with E-state index in [-0.39, 0.29) is 29.7 Å². The number of nitrogens with one attached hydrogen (secondary N) is 2. The number of amides is 2. The van der Waals surface area contributed by atoms with Gasteiger partial charge in [-0.25, -0.2) is 13.1 Å². The molecule has 1 saturated heterocycles. The van der Waals surface area contributed by atoms with E-state index in [4.69, 9.17) is 0 Å². The molecule has 2 amide bonds. The molecule has 8 heteroatoms. The van der Waals surface area contributed by atoms with Crippen LogP contribution in [-0.4, -0.2) is 44.8 Å². The summed E-state index contributed by atoms with van der Waals surface area (Å²) in [7, 11) is -3.67. The number of benzene rings is 1. The van der Waals surface area contributed by atoms with E-state index in [1.54, 1.807) is 12.1 Å². The molecule has 0 spiro atoms. The highest BCUT2D eigenvalue weighted by Gasteiger charge is 2.21. The summed E-state index contributed by atoms with van der Waals surface area (Å²) >= 11 is 0. The van der Waals surface area contributed by atoms with Crippen molar-refractivity contribution in [1.29, 1.82) is 0 Å². The van der Waals surface area contributed by atoms with Crippen molar-refractivity contribution < 1.29 is 18.0 Å². The Balaban J connectivity index is 1.57. The third-order valence-corrected chi connectivity index (χ3v) is 6.33. The summed E-state index contributed by atoms with van der Waals surface area (Å²) in [6.07, 6.45) is 5.38. The molecule has 0 atom stereocenters. The first-order valence-electron chi connectivity index (χ1n) is 9.16. The van der Waals surface area contributed by atoms with Gasteiger partial charge in [0.2, 0.25) is 21.8 Å². The van der Waals surface area contributed by atoms with E-state index < -0.39 is 10.0 Å². The van der Waals surface area contributed by atoms with Gasteiger partial charge in [-0.3, -0.25) is 9.59 Å². The Hall–Kier alpha value is -1.93. The molecule has 0 radical (unpaired) electrons. The Morgan fingerprint density at radius 1 is 1.12 bits per heavy atom. The molecule has 7 nitrogen and oxygen atoms in total. The largest absolute Gasteiger partial charge is 0.343 e. The molecule has 2 aliphatic heterocycles. The fraction of sp³-hybridized carbons (Fsp3) is 0.556. The smallest absolute Gasteiger partial charge is 0.240 e. The Labute approximate surface area is 154 Å². The molecule has 0 saturated carbocycles. The van der Waals surface area contributed by atoms with Crippen LogP contribution in [0.3, 0.4) is 0 Å². The number of nitrogens with zero attached hydrogens (tertiary/aromatic N) is 1. The molecular formula is C18H25N3O4S. The van der Waals surface area contributed by atoms with Crippen LogP contribution in [0.15, 0.2) is 23.1 Å². The van der Waals surface area contributed by atoms with Crippen LogP contribution in [0, 0.1) is 0 Å². The number of anilines is 1. The number of carbonyl (C=O) groups is 2. The maximum absolute atomic E-state index is 12.5. The molecular weight excluding hydrogens is 354 g/mol. The number of rotatable bonds is 5. The quantitative estimate of drug-likeness (QED) is 0.813. The van der Waals surface area contributed by atoms with Crippen LogP contribution in [0.25, 0.3) is 0 Å². The predicted octanol–water partition coefficient (Wildman–Crippen LogP) is 1.64. The van der Waals surface area contributed by atoms with Crippen molar-refractivity contribution in [2.45, 2.75) is 49.8 Å². The average molecular weight is 379 g/mol. The van der Waals surface area contributed by atoms with Gasteiger partial charge in [0, 0.05) is 38.2 Å². The van der Waals surface area contributed by atoms with Gasteiger partial charge in [-0.1, -0.05) is 12.8 Å². The van der Waals surface area contributed by atoms with Crippen molar-refractivity contribution in [3.63, 3.8) is 0 Å². The van der Waals surface area contributed by atoms with E-state index in [1.165, 1.54) is 6.07 Å². The molecule has 1 aromatic rings. The van der Waals surface area contributed by atoms with Crippen LogP contribution in [0.2, 0.25) is 0 Å². The molecule has 26 heavy (non-hydrogen) atoms. The lowest BCUT2D eigenvalue weighted by molar-refractivity contribution is -0.131. The van der Waals surface area contributed by atoms with Crippen molar-refractivity contribution in [1.82, 2.24) is 9.62 Å². The number of likely N-dealkylation sites (tertiary alicyclic amines) is 1. The number of fused-ring (bicyclic) bond motifs is 1. The topological polar surface area (TPSA) is 95.6 Å². The molecule has 0 bridgehead atoms. The fourth-order valence-electron chi connectivity index (χ4n) is 3.38. The third-order valence-electron chi connectivity index (χ3n) is 4.87. The van der Waals surface area contributed by atoms with Gasteiger partial charge in [0.25, 0.3) is 0 Å². The highest BCUT2D eigenvalue weighted by molar-refractivity contribution is 7.89. The molecule has 0 aromatic heterocycles. The van der Waals surface area contributed by atoms with Crippen LogP contribution < -0.4 is 10.0 Å². The standard InChI is InChI=1S/C18H25N3O4S/c22-17-8-5-14-13-15(6-7-16(14)20-17)26(24,25)19-10-9-18(23)21-11-3-1-2-4-12-21/h6-7,13,19H,1-5,8-12H2,(H,20,22). The third kappa shape index (κ3) is 4.62. The molecule has 0 unspecified atom stereocenters. The Kier molecular flexibility index (Phi) is 5.93. The highest BCUT2D eigenvalue weighted by Crippen LogP contribution is 2.25. The molecule has 3 rings (SSSR count). The number of sulfonamides is 1. The summed E-state index contributed by atoms with van der Waals surface area (Å²) in [5, 5.41) is 2.73. The second-order valence-corrected chi connectivity index (χ2v) is 8.58. The van der Waals surface area contributed by atoms with Crippen molar-refractivity contribution >= 4 is 27.5 Å². The minimum Gasteiger partial charge on any atom is -0.343 e. The SMILES string of the molecule is O=C1CCc2cc(S(=O)(=O)NCCC(=O)N3CCCCCC3)ccc2N1. The lowest BCUT2D eigenvalue weighted by Gasteiger charge is -2.20. The minimum absolute atomic E-state index is 0.00255. The summed E-state index contributed by atoms with van der Waals surface area (Å²) in [4.78, 5) is 25.6. The van der Waals surface area contributed by atoms with Crippen LogP contribution in [0.5, 0.6) is 0 Å². The number of hydrogen-bond acceptors (Lipinski definition) is 4. The second kappa shape index (κ2) is 8.18. The van der Waals surface area contributed by atoms with Crippen molar-refractivity contribution in [3.05, 3.63) is 23.8 Å².